The maximum Gasteiger partial charge on any atom is 0.161 e. The summed E-state index contributed by atoms with van der Waals surface area (Å²) in [5.74, 6) is 0.704. The molecule has 0 unspecified atom stereocenters. The van der Waals surface area contributed by atoms with Gasteiger partial charge in [-0.2, -0.15) is 0 Å². The van der Waals surface area contributed by atoms with E-state index in [4.69, 9.17) is 14.4 Å². The molecular weight excluding hydrogens is 645 g/mol. The molecule has 0 saturated carbocycles. The number of hydrogen-bond donors (Lipinski definition) is 0. The highest BCUT2D eigenvalue weighted by Gasteiger charge is 2.21. The number of furan rings is 1. The van der Waals surface area contributed by atoms with E-state index in [9.17, 15) is 0 Å². The minimum atomic E-state index is 0.704. The van der Waals surface area contributed by atoms with Crippen LogP contribution in [-0.2, 0) is 0 Å². The molecule has 0 N–H and O–H groups in total. The monoisotopic (exact) mass is 674 g/mol. The Morgan fingerprint density at radius 1 is 0.321 bits per heavy atom. The van der Waals surface area contributed by atoms with Crippen molar-refractivity contribution in [2.75, 3.05) is 0 Å². The molecule has 0 spiro atoms. The van der Waals surface area contributed by atoms with Crippen LogP contribution >= 0.6 is 0 Å². The molecule has 0 fully saturated rings. The third-order valence-corrected chi connectivity index (χ3v) is 10.7. The van der Waals surface area contributed by atoms with Gasteiger partial charge in [-0.1, -0.05) is 164 Å². The van der Waals surface area contributed by atoms with Gasteiger partial charge in [0, 0.05) is 32.8 Å². The number of rotatable bonds is 4. The van der Waals surface area contributed by atoms with Gasteiger partial charge in [-0.25, -0.2) is 9.97 Å². The van der Waals surface area contributed by atoms with Crippen LogP contribution in [0.25, 0.3) is 110 Å². The molecule has 2 aromatic heterocycles. The van der Waals surface area contributed by atoms with Gasteiger partial charge in [-0.05, 0) is 67.0 Å². The number of fused-ring (bicyclic) bond motifs is 10. The Morgan fingerprint density at radius 3 is 1.34 bits per heavy atom. The highest BCUT2D eigenvalue weighted by Crippen LogP contribution is 2.46. The SMILES string of the molecule is c1ccc(-c2cc(-c3ccccc3)nc(-c3c4ccccc4c(-c4ccc5c(c4)oc4c6ccccc6c6ccccc6c54)c4ccccc34)n2)cc1. The lowest BCUT2D eigenvalue weighted by Gasteiger charge is -2.18. The van der Waals surface area contributed by atoms with E-state index in [-0.39, 0.29) is 0 Å². The van der Waals surface area contributed by atoms with Crippen LogP contribution in [0.5, 0.6) is 0 Å². The quantitative estimate of drug-likeness (QED) is 0.138. The van der Waals surface area contributed by atoms with Crippen LogP contribution in [0.4, 0.5) is 0 Å². The maximum atomic E-state index is 6.84. The summed E-state index contributed by atoms with van der Waals surface area (Å²) < 4.78 is 6.84. The van der Waals surface area contributed by atoms with Crippen LogP contribution in [0.15, 0.2) is 186 Å². The fourth-order valence-corrected chi connectivity index (χ4v) is 8.31. The first-order valence-corrected chi connectivity index (χ1v) is 18.0. The van der Waals surface area contributed by atoms with Crippen molar-refractivity contribution < 1.29 is 4.42 Å². The van der Waals surface area contributed by atoms with E-state index in [0.717, 1.165) is 82.5 Å². The van der Waals surface area contributed by atoms with Crippen LogP contribution in [0.1, 0.15) is 0 Å². The van der Waals surface area contributed by atoms with Gasteiger partial charge in [-0.3, -0.25) is 0 Å². The molecule has 9 aromatic carbocycles. The van der Waals surface area contributed by atoms with Crippen LogP contribution in [-0.4, -0.2) is 9.97 Å². The van der Waals surface area contributed by atoms with E-state index >= 15 is 0 Å². The van der Waals surface area contributed by atoms with Crippen LogP contribution in [0.2, 0.25) is 0 Å². The average molecular weight is 675 g/mol. The third kappa shape index (κ3) is 4.61. The van der Waals surface area contributed by atoms with Crippen LogP contribution in [0, 0.1) is 0 Å². The van der Waals surface area contributed by atoms with Crippen LogP contribution < -0.4 is 0 Å². The molecule has 11 rings (SSSR count). The first-order chi connectivity index (χ1) is 26.3. The Morgan fingerprint density at radius 2 is 0.774 bits per heavy atom. The van der Waals surface area contributed by atoms with Crippen molar-refractivity contribution in [2.45, 2.75) is 0 Å². The molecule has 3 heteroatoms. The standard InChI is InChI=1S/C50H30N2O/c1-3-15-31(16-4-1)43-30-44(32-17-5-2-6-18-32)52-50(51-43)48-39-24-12-10-22-37(39)46(38-23-11-13-25-40(38)48)33-27-28-42-45(29-33)53-49-41-26-14-8-20-35(41)34-19-7-9-21-36(34)47(42)49/h1-30H. The van der Waals surface area contributed by atoms with E-state index in [0.29, 0.717) is 5.82 Å². The topological polar surface area (TPSA) is 38.9 Å². The summed E-state index contributed by atoms with van der Waals surface area (Å²) in [5, 5.41) is 11.6. The molecule has 0 amide bonds. The highest BCUT2D eigenvalue weighted by atomic mass is 16.3. The zero-order chi connectivity index (χ0) is 34.9. The highest BCUT2D eigenvalue weighted by molar-refractivity contribution is 6.30. The van der Waals surface area contributed by atoms with Crippen molar-refractivity contribution in [3.8, 4) is 45.0 Å². The number of nitrogens with zero attached hydrogens (tertiary/aromatic N) is 2. The lowest BCUT2D eigenvalue weighted by atomic mass is 9.87. The molecule has 2 heterocycles. The molecule has 0 atom stereocenters. The van der Waals surface area contributed by atoms with Crippen molar-refractivity contribution in [1.29, 1.82) is 0 Å². The first-order valence-electron chi connectivity index (χ1n) is 18.0. The molecule has 53 heavy (non-hydrogen) atoms. The molecular formula is C50H30N2O. The fourth-order valence-electron chi connectivity index (χ4n) is 8.31. The van der Waals surface area contributed by atoms with Crippen molar-refractivity contribution in [1.82, 2.24) is 9.97 Å². The molecule has 0 aliphatic rings. The lowest BCUT2D eigenvalue weighted by molar-refractivity contribution is 0.673. The van der Waals surface area contributed by atoms with Gasteiger partial charge in [-0.15, -0.1) is 0 Å². The number of aromatic nitrogens is 2. The first kappa shape index (κ1) is 29.6. The summed E-state index contributed by atoms with van der Waals surface area (Å²) in [6, 6.07) is 64.2. The molecule has 11 aromatic rings. The second kappa shape index (κ2) is 11.7. The summed E-state index contributed by atoms with van der Waals surface area (Å²) >= 11 is 0. The van der Waals surface area contributed by atoms with Gasteiger partial charge < -0.3 is 4.42 Å². The van der Waals surface area contributed by atoms with E-state index in [1.807, 2.05) is 12.1 Å². The van der Waals surface area contributed by atoms with E-state index in [2.05, 4.69) is 170 Å². The second-order valence-electron chi connectivity index (χ2n) is 13.6. The van der Waals surface area contributed by atoms with Crippen molar-refractivity contribution in [3.63, 3.8) is 0 Å². The van der Waals surface area contributed by atoms with E-state index < -0.39 is 0 Å². The molecule has 0 bridgehead atoms. The van der Waals surface area contributed by atoms with E-state index in [1.54, 1.807) is 0 Å². The Hall–Kier alpha value is -7.10. The predicted molar refractivity (Wildman–Crippen MR) is 221 cm³/mol. The molecule has 0 aliphatic heterocycles. The summed E-state index contributed by atoms with van der Waals surface area (Å²) in [4.78, 5) is 10.6. The molecule has 0 aliphatic carbocycles. The second-order valence-corrected chi connectivity index (χ2v) is 13.6. The predicted octanol–water partition coefficient (Wildman–Crippen LogP) is 13.7. The lowest BCUT2D eigenvalue weighted by Crippen LogP contribution is -1.98. The largest absolute Gasteiger partial charge is 0.455 e. The number of benzene rings is 9. The summed E-state index contributed by atoms with van der Waals surface area (Å²) in [5.41, 5.74) is 9.00. The van der Waals surface area contributed by atoms with Gasteiger partial charge >= 0.3 is 0 Å². The summed E-state index contributed by atoms with van der Waals surface area (Å²) in [7, 11) is 0. The Kier molecular flexibility index (Phi) is 6.55. The normalized spacial score (nSPS) is 11.8. The van der Waals surface area contributed by atoms with Crippen molar-refractivity contribution in [3.05, 3.63) is 182 Å². The molecule has 246 valence electrons. The fraction of sp³-hybridized carbons (Fsp3) is 0. The smallest absolute Gasteiger partial charge is 0.161 e. The minimum Gasteiger partial charge on any atom is -0.455 e. The third-order valence-electron chi connectivity index (χ3n) is 10.7. The molecule has 0 saturated heterocycles. The zero-order valence-electron chi connectivity index (χ0n) is 28.6. The molecule has 0 radical (unpaired) electrons. The average Bonchev–Trinajstić information content (AvgIpc) is 3.63. The Bertz CT molecular complexity index is 3100. The van der Waals surface area contributed by atoms with Gasteiger partial charge in [0.15, 0.2) is 5.82 Å². The maximum absolute atomic E-state index is 6.84. The van der Waals surface area contributed by atoms with Gasteiger partial charge in [0.2, 0.25) is 0 Å². The molecule has 3 nitrogen and oxygen atoms in total. The minimum absolute atomic E-state index is 0.704. The number of hydrogen-bond acceptors (Lipinski definition) is 3. The van der Waals surface area contributed by atoms with Gasteiger partial charge in [0.05, 0.1) is 11.4 Å². The summed E-state index contributed by atoms with van der Waals surface area (Å²) in [6.45, 7) is 0. The van der Waals surface area contributed by atoms with Crippen LogP contribution in [0.3, 0.4) is 0 Å². The summed E-state index contributed by atoms with van der Waals surface area (Å²) in [6.07, 6.45) is 0. The Labute approximate surface area is 305 Å². The van der Waals surface area contributed by atoms with Gasteiger partial charge in [0.1, 0.15) is 11.2 Å². The van der Waals surface area contributed by atoms with Crippen molar-refractivity contribution >= 4 is 65.0 Å². The van der Waals surface area contributed by atoms with E-state index in [1.165, 1.54) is 21.7 Å². The zero-order valence-corrected chi connectivity index (χ0v) is 28.6. The van der Waals surface area contributed by atoms with Gasteiger partial charge in [0.25, 0.3) is 0 Å². The Balaban J connectivity index is 1.19. The van der Waals surface area contributed by atoms with Crippen molar-refractivity contribution in [2.24, 2.45) is 0 Å².